The van der Waals surface area contributed by atoms with E-state index in [1.165, 1.54) is 11.3 Å². The molecule has 1 fully saturated rings. The van der Waals surface area contributed by atoms with Crippen LogP contribution in [0.3, 0.4) is 0 Å². The highest BCUT2D eigenvalue weighted by molar-refractivity contribution is 7.29. The van der Waals surface area contributed by atoms with Crippen LogP contribution in [0, 0.1) is 0 Å². The molecule has 3 aromatic heterocycles. The minimum Gasteiger partial charge on any atom is -0.467 e. The van der Waals surface area contributed by atoms with Crippen LogP contribution >= 0.6 is 22.7 Å². The first-order valence-electron chi connectivity index (χ1n) is 7.53. The maximum absolute atomic E-state index is 12.9. The van der Waals surface area contributed by atoms with Crippen LogP contribution in [0.15, 0.2) is 28.9 Å². The van der Waals surface area contributed by atoms with E-state index < -0.39 is 0 Å². The number of nitrogens with zero attached hydrogens (tertiary/aromatic N) is 3. The summed E-state index contributed by atoms with van der Waals surface area (Å²) in [5.41, 5.74) is 0. The third-order valence-corrected chi connectivity index (χ3v) is 6.14. The third-order valence-electron chi connectivity index (χ3n) is 3.83. The molecule has 23 heavy (non-hydrogen) atoms. The number of hydrogen-bond donors (Lipinski definition) is 0. The van der Waals surface area contributed by atoms with Crippen LogP contribution in [0.4, 0.5) is 5.13 Å². The number of aromatic nitrogens is 1. The number of anilines is 1. The van der Waals surface area contributed by atoms with Gasteiger partial charge in [0.25, 0.3) is 5.91 Å². The molecule has 120 valence electrons. The van der Waals surface area contributed by atoms with Gasteiger partial charge in [-0.3, -0.25) is 4.79 Å². The zero-order chi connectivity index (χ0) is 16.0. The number of carbonyl (C=O) groups is 1. The first-order valence-corrected chi connectivity index (χ1v) is 9.16. The first kappa shape index (κ1) is 14.7. The van der Waals surface area contributed by atoms with Crippen LogP contribution < -0.4 is 4.90 Å². The Balaban J connectivity index is 1.59. The Morgan fingerprint density at radius 1 is 1.39 bits per heavy atom. The van der Waals surface area contributed by atoms with Crippen molar-refractivity contribution in [3.63, 3.8) is 0 Å². The summed E-state index contributed by atoms with van der Waals surface area (Å²) in [6, 6.07) is 6.10. The Hall–Kier alpha value is -1.86. The van der Waals surface area contributed by atoms with Crippen molar-refractivity contribution in [2.24, 2.45) is 0 Å². The predicted molar refractivity (Wildman–Crippen MR) is 93.4 cm³/mol. The number of thiazole rings is 1. The molecule has 0 bridgehead atoms. The standard InChI is InChI=1S/C16H17N3O2S2/c1-18(2)16-17-14-12(23-16)8-13(22-14)15(20)19(10-5-6-10)9-11-4-3-7-21-11/h3-4,7-8,10H,5-6,9H2,1-2H3. The summed E-state index contributed by atoms with van der Waals surface area (Å²) in [6.45, 7) is 0.540. The van der Waals surface area contributed by atoms with Crippen molar-refractivity contribution in [2.75, 3.05) is 19.0 Å². The Morgan fingerprint density at radius 3 is 2.83 bits per heavy atom. The SMILES string of the molecule is CN(C)c1nc2sc(C(=O)N(Cc3ccco3)C3CC3)cc2s1. The molecule has 1 amide bonds. The average molecular weight is 347 g/mol. The fraction of sp³-hybridized carbons (Fsp3) is 0.375. The van der Waals surface area contributed by atoms with Gasteiger partial charge < -0.3 is 14.2 Å². The predicted octanol–water partition coefficient (Wildman–Crippen LogP) is 3.82. The third kappa shape index (κ3) is 2.86. The van der Waals surface area contributed by atoms with Gasteiger partial charge in [0, 0.05) is 20.1 Å². The highest BCUT2D eigenvalue weighted by Gasteiger charge is 2.34. The van der Waals surface area contributed by atoms with Gasteiger partial charge in [-0.05, 0) is 31.0 Å². The normalized spacial score (nSPS) is 14.3. The van der Waals surface area contributed by atoms with E-state index in [-0.39, 0.29) is 5.91 Å². The number of rotatable bonds is 5. The maximum Gasteiger partial charge on any atom is 0.264 e. The van der Waals surface area contributed by atoms with Crippen LogP contribution in [0.2, 0.25) is 0 Å². The van der Waals surface area contributed by atoms with Crippen LogP contribution in [0.25, 0.3) is 9.53 Å². The van der Waals surface area contributed by atoms with E-state index >= 15 is 0 Å². The van der Waals surface area contributed by atoms with Gasteiger partial charge in [0.1, 0.15) is 10.6 Å². The molecule has 1 aliphatic carbocycles. The Kier molecular flexibility index (Phi) is 3.61. The second-order valence-electron chi connectivity index (χ2n) is 5.91. The van der Waals surface area contributed by atoms with Gasteiger partial charge >= 0.3 is 0 Å². The molecule has 1 saturated carbocycles. The van der Waals surface area contributed by atoms with Crippen LogP contribution in [0.5, 0.6) is 0 Å². The summed E-state index contributed by atoms with van der Waals surface area (Å²) >= 11 is 3.10. The fourth-order valence-electron chi connectivity index (χ4n) is 2.49. The van der Waals surface area contributed by atoms with Crippen LogP contribution in [-0.4, -0.2) is 35.9 Å². The first-order chi connectivity index (χ1) is 11.1. The van der Waals surface area contributed by atoms with Gasteiger partial charge in [-0.1, -0.05) is 11.3 Å². The number of carbonyl (C=O) groups excluding carboxylic acids is 1. The Bertz CT molecular complexity index is 799. The lowest BCUT2D eigenvalue weighted by molar-refractivity contribution is 0.0722. The van der Waals surface area contributed by atoms with E-state index in [1.54, 1.807) is 17.6 Å². The van der Waals surface area contributed by atoms with Crippen LogP contribution in [-0.2, 0) is 6.54 Å². The number of thiophene rings is 1. The molecule has 0 spiro atoms. The topological polar surface area (TPSA) is 49.6 Å². The second kappa shape index (κ2) is 5.65. The Morgan fingerprint density at radius 2 is 2.22 bits per heavy atom. The molecule has 0 atom stereocenters. The summed E-state index contributed by atoms with van der Waals surface area (Å²) in [7, 11) is 3.96. The molecule has 3 aromatic rings. The van der Waals surface area contributed by atoms with Gasteiger partial charge in [0.15, 0.2) is 5.13 Å². The van der Waals surface area contributed by atoms with Gasteiger partial charge in [-0.2, -0.15) is 0 Å². The average Bonchev–Trinajstić information content (AvgIpc) is 2.94. The second-order valence-corrected chi connectivity index (χ2v) is 7.95. The number of fused-ring (bicyclic) bond motifs is 1. The van der Waals surface area contributed by atoms with Crippen molar-refractivity contribution in [1.29, 1.82) is 0 Å². The number of amides is 1. The molecule has 0 aromatic carbocycles. The number of furan rings is 1. The Labute approximate surface area is 142 Å². The summed E-state index contributed by atoms with van der Waals surface area (Å²) < 4.78 is 6.49. The largest absolute Gasteiger partial charge is 0.467 e. The van der Waals surface area contributed by atoms with Gasteiger partial charge in [0.2, 0.25) is 0 Å². The fourth-order valence-corrected chi connectivity index (χ4v) is 4.57. The molecule has 5 nitrogen and oxygen atoms in total. The van der Waals surface area contributed by atoms with Crippen LogP contribution in [0.1, 0.15) is 28.3 Å². The number of hydrogen-bond acceptors (Lipinski definition) is 6. The van der Waals surface area contributed by atoms with Crippen molar-refractivity contribution < 1.29 is 9.21 Å². The molecular formula is C16H17N3O2S2. The van der Waals surface area contributed by atoms with E-state index in [1.807, 2.05) is 42.1 Å². The molecule has 0 saturated heterocycles. The molecule has 0 unspecified atom stereocenters. The van der Waals surface area contributed by atoms with Crippen molar-refractivity contribution in [1.82, 2.24) is 9.88 Å². The zero-order valence-corrected chi connectivity index (χ0v) is 14.6. The van der Waals surface area contributed by atoms with E-state index in [4.69, 9.17) is 4.42 Å². The smallest absolute Gasteiger partial charge is 0.264 e. The molecular weight excluding hydrogens is 330 g/mol. The highest BCUT2D eigenvalue weighted by Crippen LogP contribution is 2.36. The van der Waals surface area contributed by atoms with E-state index in [0.29, 0.717) is 12.6 Å². The lowest BCUT2D eigenvalue weighted by Gasteiger charge is -2.20. The quantitative estimate of drug-likeness (QED) is 0.704. The summed E-state index contributed by atoms with van der Waals surface area (Å²) in [6.07, 6.45) is 3.81. The molecule has 0 radical (unpaired) electrons. The lowest BCUT2D eigenvalue weighted by atomic mass is 10.3. The van der Waals surface area contributed by atoms with Crippen molar-refractivity contribution in [2.45, 2.75) is 25.4 Å². The minimum absolute atomic E-state index is 0.0884. The van der Waals surface area contributed by atoms with E-state index in [0.717, 1.165) is 38.1 Å². The summed E-state index contributed by atoms with van der Waals surface area (Å²) in [5.74, 6) is 0.919. The monoisotopic (exact) mass is 347 g/mol. The molecule has 0 aliphatic heterocycles. The van der Waals surface area contributed by atoms with Gasteiger partial charge in [-0.15, -0.1) is 11.3 Å². The van der Waals surface area contributed by atoms with Crippen molar-refractivity contribution in [3.05, 3.63) is 35.1 Å². The summed E-state index contributed by atoms with van der Waals surface area (Å²) in [4.78, 5) is 23.1. The minimum atomic E-state index is 0.0884. The molecule has 0 N–H and O–H groups in total. The highest BCUT2D eigenvalue weighted by atomic mass is 32.1. The molecule has 1 aliphatic rings. The van der Waals surface area contributed by atoms with Gasteiger partial charge in [0.05, 0.1) is 22.4 Å². The maximum atomic E-state index is 12.9. The lowest BCUT2D eigenvalue weighted by Crippen LogP contribution is -2.31. The van der Waals surface area contributed by atoms with E-state index in [2.05, 4.69) is 4.98 Å². The van der Waals surface area contributed by atoms with E-state index in [9.17, 15) is 4.79 Å². The summed E-state index contributed by atoms with van der Waals surface area (Å²) in [5, 5.41) is 0.972. The molecule has 3 heterocycles. The van der Waals surface area contributed by atoms with Gasteiger partial charge in [-0.25, -0.2) is 4.98 Å². The molecule has 4 rings (SSSR count). The zero-order valence-electron chi connectivity index (χ0n) is 13.0. The molecule has 7 heteroatoms. The van der Waals surface area contributed by atoms with Crippen molar-refractivity contribution >= 4 is 43.2 Å². The van der Waals surface area contributed by atoms with Crippen molar-refractivity contribution in [3.8, 4) is 0 Å².